The number of nitrogens with one attached hydrogen (secondary N) is 2. The van der Waals surface area contributed by atoms with E-state index >= 15 is 0 Å². The van der Waals surface area contributed by atoms with E-state index in [0.29, 0.717) is 24.4 Å². The second-order valence-corrected chi connectivity index (χ2v) is 5.60. The topological polar surface area (TPSA) is 133 Å². The van der Waals surface area contributed by atoms with Gasteiger partial charge in [-0.15, -0.1) is 0 Å². The predicted molar refractivity (Wildman–Crippen MR) is 106 cm³/mol. The molecule has 0 aliphatic heterocycles. The van der Waals surface area contributed by atoms with Crippen molar-refractivity contribution in [3.63, 3.8) is 0 Å². The summed E-state index contributed by atoms with van der Waals surface area (Å²) in [6, 6.07) is 7.73. The van der Waals surface area contributed by atoms with Crippen molar-refractivity contribution < 1.29 is 23.9 Å². The maximum Gasteiger partial charge on any atom is 0.414 e. The Kier molecular flexibility index (Phi) is 10.5. The van der Waals surface area contributed by atoms with Crippen LogP contribution in [0.3, 0.4) is 0 Å². The average molecular weight is 403 g/mol. The SMILES string of the molecule is CCOC(=O)NC(=O)/C(C#N)=N/Nc1ccc(C(=O)OCCN(CC)CC)cc1. The zero-order valence-electron chi connectivity index (χ0n) is 16.7. The van der Waals surface area contributed by atoms with Gasteiger partial charge in [0.15, 0.2) is 0 Å². The number of anilines is 1. The normalized spacial score (nSPS) is 10.8. The third-order valence-corrected chi connectivity index (χ3v) is 3.76. The van der Waals surface area contributed by atoms with Crippen LogP contribution in [0.5, 0.6) is 0 Å². The Morgan fingerprint density at radius 1 is 1.10 bits per heavy atom. The Labute approximate surface area is 169 Å². The molecule has 29 heavy (non-hydrogen) atoms. The number of hydrazone groups is 1. The minimum atomic E-state index is -0.994. The van der Waals surface area contributed by atoms with Gasteiger partial charge < -0.3 is 14.4 Å². The molecule has 1 rings (SSSR count). The summed E-state index contributed by atoms with van der Waals surface area (Å²) in [5.74, 6) is -1.44. The van der Waals surface area contributed by atoms with Crippen molar-refractivity contribution in [3.8, 4) is 6.07 Å². The fraction of sp³-hybridized carbons (Fsp3) is 0.421. The van der Waals surface area contributed by atoms with Crippen molar-refractivity contribution in [1.82, 2.24) is 10.2 Å². The van der Waals surface area contributed by atoms with Crippen LogP contribution in [0.25, 0.3) is 0 Å². The smallest absolute Gasteiger partial charge is 0.414 e. The number of carbonyl (C=O) groups is 3. The van der Waals surface area contributed by atoms with Crippen LogP contribution in [0.2, 0.25) is 0 Å². The van der Waals surface area contributed by atoms with Gasteiger partial charge in [0.25, 0.3) is 5.91 Å². The number of esters is 1. The molecule has 2 amide bonds. The first-order valence-electron chi connectivity index (χ1n) is 9.16. The highest BCUT2D eigenvalue weighted by Crippen LogP contribution is 2.10. The molecule has 10 nitrogen and oxygen atoms in total. The maximum atomic E-state index is 12.0. The molecule has 0 saturated carbocycles. The van der Waals surface area contributed by atoms with Crippen LogP contribution in [0.1, 0.15) is 31.1 Å². The third-order valence-electron chi connectivity index (χ3n) is 3.76. The van der Waals surface area contributed by atoms with Crippen molar-refractivity contribution >= 4 is 29.4 Å². The molecule has 1 aromatic rings. The number of ether oxygens (including phenoxy) is 2. The van der Waals surface area contributed by atoms with Crippen molar-refractivity contribution in [2.24, 2.45) is 5.10 Å². The number of benzene rings is 1. The van der Waals surface area contributed by atoms with Crippen LogP contribution in [0.15, 0.2) is 29.4 Å². The first kappa shape index (κ1) is 23.6. The van der Waals surface area contributed by atoms with Gasteiger partial charge in [-0.1, -0.05) is 13.8 Å². The molecule has 0 spiro atoms. The zero-order valence-corrected chi connectivity index (χ0v) is 16.7. The highest BCUT2D eigenvalue weighted by Gasteiger charge is 2.15. The second-order valence-electron chi connectivity index (χ2n) is 5.60. The highest BCUT2D eigenvalue weighted by atomic mass is 16.5. The van der Waals surface area contributed by atoms with Crippen LogP contribution in [0.4, 0.5) is 10.5 Å². The number of alkyl carbamates (subject to hydrolysis) is 1. The van der Waals surface area contributed by atoms with Crippen LogP contribution >= 0.6 is 0 Å². The Bertz CT molecular complexity index is 766. The van der Waals surface area contributed by atoms with E-state index in [1.165, 1.54) is 12.1 Å². The van der Waals surface area contributed by atoms with Gasteiger partial charge in [0.1, 0.15) is 12.7 Å². The summed E-state index contributed by atoms with van der Waals surface area (Å²) < 4.78 is 9.79. The van der Waals surface area contributed by atoms with E-state index in [-0.39, 0.29) is 6.61 Å². The molecule has 0 atom stereocenters. The zero-order chi connectivity index (χ0) is 21.6. The first-order valence-corrected chi connectivity index (χ1v) is 9.16. The monoisotopic (exact) mass is 403 g/mol. The van der Waals surface area contributed by atoms with Gasteiger partial charge in [0.05, 0.1) is 17.9 Å². The van der Waals surface area contributed by atoms with Gasteiger partial charge in [-0.2, -0.15) is 10.4 Å². The number of imide groups is 1. The number of carbonyl (C=O) groups excluding carboxylic acids is 3. The summed E-state index contributed by atoms with van der Waals surface area (Å²) in [6.45, 7) is 8.48. The lowest BCUT2D eigenvalue weighted by Crippen LogP contribution is -2.36. The molecule has 156 valence electrons. The van der Waals surface area contributed by atoms with Crippen molar-refractivity contribution in [2.75, 3.05) is 38.3 Å². The van der Waals surface area contributed by atoms with Crippen LogP contribution in [-0.2, 0) is 14.3 Å². The number of nitriles is 1. The van der Waals surface area contributed by atoms with Crippen LogP contribution < -0.4 is 10.7 Å². The van der Waals surface area contributed by atoms with Crippen LogP contribution in [0, 0.1) is 11.3 Å². The molecule has 0 radical (unpaired) electrons. The molecule has 1 aromatic carbocycles. The molecule has 0 heterocycles. The number of rotatable bonds is 10. The predicted octanol–water partition coefficient (Wildman–Crippen LogP) is 1.75. The second kappa shape index (κ2) is 12.9. The van der Waals surface area contributed by atoms with E-state index in [0.717, 1.165) is 13.1 Å². The van der Waals surface area contributed by atoms with E-state index < -0.39 is 23.7 Å². The van der Waals surface area contributed by atoms with E-state index in [4.69, 9.17) is 10.00 Å². The van der Waals surface area contributed by atoms with Crippen molar-refractivity contribution in [2.45, 2.75) is 20.8 Å². The molecule has 0 bridgehead atoms. The third kappa shape index (κ3) is 8.40. The molecular weight excluding hydrogens is 378 g/mol. The van der Waals surface area contributed by atoms with Gasteiger partial charge in [-0.3, -0.25) is 15.5 Å². The summed E-state index contributed by atoms with van der Waals surface area (Å²) in [5.41, 5.74) is 2.75. The molecule has 2 N–H and O–H groups in total. The average Bonchev–Trinajstić information content (AvgIpc) is 2.72. The molecular formula is C19H25N5O5. The molecule has 0 aliphatic rings. The molecule has 10 heteroatoms. The summed E-state index contributed by atoms with van der Waals surface area (Å²) in [4.78, 5) is 37.1. The molecule has 0 aromatic heterocycles. The lowest BCUT2D eigenvalue weighted by Gasteiger charge is -2.17. The Morgan fingerprint density at radius 3 is 2.31 bits per heavy atom. The molecule has 0 saturated heterocycles. The standard InChI is InChI=1S/C19H25N5O5/c1-4-24(5-2)11-12-29-18(26)14-7-9-15(10-8-14)22-23-16(13-20)17(25)21-19(27)28-6-3/h7-10,22H,4-6,11-12H2,1-3H3,(H,21,25,27)/b23-16+. The van der Waals surface area contributed by atoms with Crippen molar-refractivity contribution in [1.29, 1.82) is 5.26 Å². The number of hydrogen-bond donors (Lipinski definition) is 2. The minimum absolute atomic E-state index is 0.0840. The highest BCUT2D eigenvalue weighted by molar-refractivity contribution is 6.46. The van der Waals surface area contributed by atoms with E-state index in [1.807, 2.05) is 19.2 Å². The van der Waals surface area contributed by atoms with Gasteiger partial charge in [0.2, 0.25) is 5.71 Å². The lowest BCUT2D eigenvalue weighted by atomic mass is 10.2. The molecule has 0 unspecified atom stereocenters. The van der Waals surface area contributed by atoms with Crippen molar-refractivity contribution in [3.05, 3.63) is 29.8 Å². The minimum Gasteiger partial charge on any atom is -0.461 e. The lowest BCUT2D eigenvalue weighted by molar-refractivity contribution is -0.114. The van der Waals surface area contributed by atoms with E-state index in [1.54, 1.807) is 25.1 Å². The molecule has 0 fully saturated rings. The van der Waals surface area contributed by atoms with Gasteiger partial charge in [-0.05, 0) is 44.3 Å². The number of amides is 2. The fourth-order valence-corrected chi connectivity index (χ4v) is 2.14. The quantitative estimate of drug-likeness (QED) is 0.343. The van der Waals surface area contributed by atoms with Crippen LogP contribution in [-0.4, -0.2) is 61.4 Å². The Balaban J connectivity index is 2.61. The summed E-state index contributed by atoms with van der Waals surface area (Å²) >= 11 is 0. The summed E-state index contributed by atoms with van der Waals surface area (Å²) in [7, 11) is 0. The van der Waals surface area contributed by atoms with Gasteiger partial charge in [0, 0.05) is 6.54 Å². The number of hydrogen-bond acceptors (Lipinski definition) is 9. The number of nitrogens with zero attached hydrogens (tertiary/aromatic N) is 3. The number of likely N-dealkylation sites (N-methyl/N-ethyl adjacent to an activating group) is 1. The maximum absolute atomic E-state index is 12.0. The Morgan fingerprint density at radius 2 is 1.76 bits per heavy atom. The first-order chi connectivity index (χ1) is 13.9. The van der Waals surface area contributed by atoms with E-state index in [2.05, 4.69) is 20.2 Å². The largest absolute Gasteiger partial charge is 0.461 e. The van der Waals surface area contributed by atoms with E-state index in [9.17, 15) is 14.4 Å². The van der Waals surface area contributed by atoms with Gasteiger partial charge in [-0.25, -0.2) is 9.59 Å². The summed E-state index contributed by atoms with van der Waals surface area (Å²) in [6.07, 6.45) is -0.968. The molecule has 0 aliphatic carbocycles. The fourth-order valence-electron chi connectivity index (χ4n) is 2.14. The summed E-state index contributed by atoms with van der Waals surface area (Å²) in [5, 5.41) is 14.5. The Hall–Kier alpha value is -3.45. The van der Waals surface area contributed by atoms with Gasteiger partial charge >= 0.3 is 12.1 Å².